The summed E-state index contributed by atoms with van der Waals surface area (Å²) < 4.78 is 11.6. The fraction of sp³-hybridized carbons (Fsp3) is 0.737. The van der Waals surface area contributed by atoms with E-state index in [9.17, 15) is 4.79 Å². The smallest absolute Gasteiger partial charge is 0.317 e. The number of anilines is 1. The number of morpholine rings is 1. The fourth-order valence-corrected chi connectivity index (χ4v) is 4.07. The molecule has 0 radical (unpaired) electrons. The highest BCUT2D eigenvalue weighted by atomic mass is 16.5. The third kappa shape index (κ3) is 4.61. The molecule has 0 bridgehead atoms. The van der Waals surface area contributed by atoms with Crippen LogP contribution in [0.1, 0.15) is 38.5 Å². The average Bonchev–Trinajstić information content (AvgIpc) is 3.19. The maximum Gasteiger partial charge on any atom is 0.317 e. The van der Waals surface area contributed by atoms with E-state index in [1.54, 1.807) is 12.4 Å². The number of likely N-dealkylation sites (tertiary alicyclic amines) is 1. The lowest BCUT2D eigenvalue weighted by molar-refractivity contribution is 0.121. The van der Waals surface area contributed by atoms with Gasteiger partial charge in [0.15, 0.2) is 5.82 Å². The highest BCUT2D eigenvalue weighted by Gasteiger charge is 2.30. The highest BCUT2D eigenvalue weighted by Crippen LogP contribution is 2.26. The summed E-state index contributed by atoms with van der Waals surface area (Å²) in [5, 5.41) is 3.19. The summed E-state index contributed by atoms with van der Waals surface area (Å²) >= 11 is 0. The quantitative estimate of drug-likeness (QED) is 0.865. The monoisotopic (exact) mass is 375 g/mol. The first kappa shape index (κ1) is 18.3. The van der Waals surface area contributed by atoms with E-state index in [1.807, 2.05) is 4.90 Å². The van der Waals surface area contributed by atoms with Crippen LogP contribution in [0, 0.1) is 0 Å². The minimum absolute atomic E-state index is 0.0422. The molecule has 2 amide bonds. The second kappa shape index (κ2) is 8.73. The van der Waals surface area contributed by atoms with E-state index < -0.39 is 0 Å². The van der Waals surface area contributed by atoms with Crippen LogP contribution in [0.3, 0.4) is 0 Å². The number of carbonyl (C=O) groups is 1. The summed E-state index contributed by atoms with van der Waals surface area (Å²) in [7, 11) is 0. The van der Waals surface area contributed by atoms with Gasteiger partial charge in [0, 0.05) is 44.5 Å². The van der Waals surface area contributed by atoms with Gasteiger partial charge in [0.2, 0.25) is 0 Å². The SMILES string of the molecule is O=C(NC1CCCCC1)N1CCC(Oc2nccnc2N2CCOCC2)C1. The van der Waals surface area contributed by atoms with Crippen molar-refractivity contribution in [3.05, 3.63) is 12.4 Å². The number of nitrogens with zero attached hydrogens (tertiary/aromatic N) is 4. The van der Waals surface area contributed by atoms with E-state index >= 15 is 0 Å². The van der Waals surface area contributed by atoms with Crippen LogP contribution in [0.5, 0.6) is 5.88 Å². The molecule has 148 valence electrons. The minimum Gasteiger partial charge on any atom is -0.470 e. The lowest BCUT2D eigenvalue weighted by Gasteiger charge is -2.29. The molecule has 1 N–H and O–H groups in total. The largest absolute Gasteiger partial charge is 0.470 e. The summed E-state index contributed by atoms with van der Waals surface area (Å²) in [6.07, 6.45) is 10.0. The van der Waals surface area contributed by atoms with Crippen molar-refractivity contribution in [2.45, 2.75) is 50.7 Å². The Morgan fingerprint density at radius 2 is 1.85 bits per heavy atom. The molecule has 8 nitrogen and oxygen atoms in total. The van der Waals surface area contributed by atoms with E-state index in [1.165, 1.54) is 19.3 Å². The van der Waals surface area contributed by atoms with Gasteiger partial charge in [-0.15, -0.1) is 0 Å². The molecule has 2 aliphatic heterocycles. The molecular weight excluding hydrogens is 346 g/mol. The molecule has 1 aliphatic carbocycles. The number of nitrogens with one attached hydrogen (secondary N) is 1. The number of carbonyl (C=O) groups excluding carboxylic acids is 1. The van der Waals surface area contributed by atoms with Gasteiger partial charge < -0.3 is 24.6 Å². The van der Waals surface area contributed by atoms with E-state index in [0.717, 1.165) is 44.7 Å². The van der Waals surface area contributed by atoms with E-state index in [2.05, 4.69) is 20.2 Å². The lowest BCUT2D eigenvalue weighted by atomic mass is 9.96. The number of urea groups is 1. The maximum atomic E-state index is 12.5. The number of aromatic nitrogens is 2. The summed E-state index contributed by atoms with van der Waals surface area (Å²) in [6, 6.07) is 0.375. The van der Waals surface area contributed by atoms with Crippen molar-refractivity contribution in [3.8, 4) is 5.88 Å². The van der Waals surface area contributed by atoms with E-state index in [-0.39, 0.29) is 12.1 Å². The molecule has 4 rings (SSSR count). The van der Waals surface area contributed by atoms with E-state index in [0.29, 0.717) is 31.7 Å². The average molecular weight is 375 g/mol. The molecule has 3 fully saturated rings. The van der Waals surface area contributed by atoms with Crippen LogP contribution in [-0.4, -0.2) is 72.4 Å². The number of hydrogen-bond donors (Lipinski definition) is 1. The maximum absolute atomic E-state index is 12.5. The van der Waals surface area contributed by atoms with Gasteiger partial charge in [-0.25, -0.2) is 14.8 Å². The van der Waals surface area contributed by atoms with Gasteiger partial charge in [-0.1, -0.05) is 19.3 Å². The molecule has 1 saturated carbocycles. The van der Waals surface area contributed by atoms with Crippen LogP contribution in [0.25, 0.3) is 0 Å². The Morgan fingerprint density at radius 1 is 1.07 bits per heavy atom. The fourth-order valence-electron chi connectivity index (χ4n) is 4.07. The third-order valence-electron chi connectivity index (χ3n) is 5.60. The zero-order chi connectivity index (χ0) is 18.5. The molecule has 3 heterocycles. The molecule has 0 spiro atoms. The molecule has 27 heavy (non-hydrogen) atoms. The minimum atomic E-state index is -0.0430. The molecule has 2 saturated heterocycles. The number of hydrogen-bond acceptors (Lipinski definition) is 6. The number of rotatable bonds is 4. The van der Waals surface area contributed by atoms with Gasteiger partial charge in [0.05, 0.1) is 19.8 Å². The van der Waals surface area contributed by atoms with Gasteiger partial charge in [-0.3, -0.25) is 0 Å². The van der Waals surface area contributed by atoms with Crippen molar-refractivity contribution in [1.82, 2.24) is 20.2 Å². The zero-order valence-electron chi connectivity index (χ0n) is 15.8. The molecule has 1 unspecified atom stereocenters. The first-order chi connectivity index (χ1) is 13.3. The van der Waals surface area contributed by atoms with Crippen molar-refractivity contribution in [1.29, 1.82) is 0 Å². The zero-order valence-corrected chi connectivity index (χ0v) is 15.8. The van der Waals surface area contributed by atoms with Gasteiger partial charge in [0.25, 0.3) is 5.88 Å². The first-order valence-corrected chi connectivity index (χ1v) is 10.2. The summed E-state index contributed by atoms with van der Waals surface area (Å²) in [5.41, 5.74) is 0. The topological polar surface area (TPSA) is 79.8 Å². The van der Waals surface area contributed by atoms with Crippen LogP contribution in [0.15, 0.2) is 12.4 Å². The molecule has 8 heteroatoms. The van der Waals surface area contributed by atoms with Crippen LogP contribution in [0.4, 0.5) is 10.6 Å². The standard InChI is InChI=1S/C19H29N5O3/c25-19(22-15-4-2-1-3-5-15)24-9-6-16(14-24)27-18-17(20-7-8-21-18)23-10-12-26-13-11-23/h7-8,15-16H,1-6,9-14H2,(H,22,25). The lowest BCUT2D eigenvalue weighted by Crippen LogP contribution is -2.45. The van der Waals surface area contributed by atoms with Crippen molar-refractivity contribution >= 4 is 11.8 Å². The Balaban J connectivity index is 1.32. The van der Waals surface area contributed by atoms with Crippen molar-refractivity contribution in [2.24, 2.45) is 0 Å². The van der Waals surface area contributed by atoms with Crippen molar-refractivity contribution in [2.75, 3.05) is 44.3 Å². The predicted octanol–water partition coefficient (Wildman–Crippen LogP) is 1.81. The first-order valence-electron chi connectivity index (χ1n) is 10.2. The Kier molecular flexibility index (Phi) is 5.91. The Labute approximate surface area is 160 Å². The Bertz CT molecular complexity index is 632. The summed E-state index contributed by atoms with van der Waals surface area (Å²) in [6.45, 7) is 4.27. The van der Waals surface area contributed by atoms with Crippen molar-refractivity contribution < 1.29 is 14.3 Å². The summed E-state index contributed by atoms with van der Waals surface area (Å²) in [4.78, 5) is 25.4. The van der Waals surface area contributed by atoms with Gasteiger partial charge in [0.1, 0.15) is 6.10 Å². The molecule has 1 aromatic rings. The van der Waals surface area contributed by atoms with Crippen LogP contribution >= 0.6 is 0 Å². The third-order valence-corrected chi connectivity index (χ3v) is 5.60. The Hall–Kier alpha value is -2.09. The Morgan fingerprint density at radius 3 is 2.67 bits per heavy atom. The molecule has 1 atom stereocenters. The molecule has 3 aliphatic rings. The van der Waals surface area contributed by atoms with Crippen LogP contribution in [-0.2, 0) is 4.74 Å². The van der Waals surface area contributed by atoms with Gasteiger partial charge >= 0.3 is 6.03 Å². The molecular formula is C19H29N5O3. The van der Waals surface area contributed by atoms with Gasteiger partial charge in [-0.2, -0.15) is 0 Å². The summed E-state index contributed by atoms with van der Waals surface area (Å²) in [5.74, 6) is 1.32. The molecule has 1 aromatic heterocycles. The van der Waals surface area contributed by atoms with Crippen molar-refractivity contribution in [3.63, 3.8) is 0 Å². The van der Waals surface area contributed by atoms with Crippen LogP contribution < -0.4 is 15.0 Å². The van der Waals surface area contributed by atoms with Gasteiger partial charge in [-0.05, 0) is 12.8 Å². The van der Waals surface area contributed by atoms with Crippen LogP contribution in [0.2, 0.25) is 0 Å². The molecule has 0 aromatic carbocycles. The highest BCUT2D eigenvalue weighted by molar-refractivity contribution is 5.74. The predicted molar refractivity (Wildman–Crippen MR) is 101 cm³/mol. The van der Waals surface area contributed by atoms with E-state index in [4.69, 9.17) is 9.47 Å². The number of ether oxygens (including phenoxy) is 2. The normalized spacial score (nSPS) is 24.1. The second-order valence-corrected chi connectivity index (χ2v) is 7.54. The number of amides is 2. The second-order valence-electron chi connectivity index (χ2n) is 7.54.